The molecule has 5 atom stereocenters. The Labute approximate surface area is 346 Å². The van der Waals surface area contributed by atoms with Crippen LogP contribution in [0.3, 0.4) is 0 Å². The van der Waals surface area contributed by atoms with Crippen molar-refractivity contribution in [3.63, 3.8) is 0 Å². The summed E-state index contributed by atoms with van der Waals surface area (Å²) in [6.45, 7) is 9.24. The van der Waals surface area contributed by atoms with Gasteiger partial charge in [-0.1, -0.05) is 76.4 Å². The van der Waals surface area contributed by atoms with E-state index >= 15 is 0 Å². The number of para-hydroxylation sites is 2. The van der Waals surface area contributed by atoms with Crippen molar-refractivity contribution < 1.29 is 9.13 Å². The molecule has 0 spiro atoms. The molecule has 8 aliphatic carbocycles. The van der Waals surface area contributed by atoms with E-state index in [1.807, 2.05) is 0 Å². The number of rotatable bonds is 10. The van der Waals surface area contributed by atoms with E-state index in [1.165, 1.54) is 110 Å². The zero-order valence-electron chi connectivity index (χ0n) is 35.3. The molecule has 14 rings (SSSR count). The number of aryl methyl sites for hydroxylation is 2. The molecule has 2 aromatic heterocycles. The van der Waals surface area contributed by atoms with Gasteiger partial charge < -0.3 is 0 Å². The number of unbranched alkanes of at least 4 members (excludes halogenated alkanes) is 1. The van der Waals surface area contributed by atoms with Crippen LogP contribution >= 0.6 is 0 Å². The molecule has 0 saturated heterocycles. The van der Waals surface area contributed by atoms with Crippen molar-refractivity contribution in [2.45, 2.75) is 135 Å². The normalized spacial score (nSPS) is 30.8. The Morgan fingerprint density at radius 2 is 0.966 bits per heavy atom. The third-order valence-corrected chi connectivity index (χ3v) is 17.6. The first-order chi connectivity index (χ1) is 28.5. The van der Waals surface area contributed by atoms with Crippen molar-refractivity contribution in [3.8, 4) is 11.4 Å². The molecule has 4 heteroatoms. The average Bonchev–Trinajstić information content (AvgIpc) is 3.65. The maximum absolute atomic E-state index is 2.69. The van der Waals surface area contributed by atoms with Gasteiger partial charge in [0.2, 0.25) is 12.7 Å². The van der Waals surface area contributed by atoms with E-state index in [9.17, 15) is 0 Å². The van der Waals surface area contributed by atoms with Gasteiger partial charge in [0, 0.05) is 0 Å². The molecule has 8 aliphatic rings. The summed E-state index contributed by atoms with van der Waals surface area (Å²) in [5.41, 5.74) is 14.9. The van der Waals surface area contributed by atoms with Crippen LogP contribution < -0.4 is 9.13 Å². The lowest BCUT2D eigenvalue weighted by Crippen LogP contribution is -2.43. The van der Waals surface area contributed by atoms with Crippen LogP contribution in [-0.4, -0.2) is 9.13 Å². The second kappa shape index (κ2) is 14.0. The molecule has 4 saturated carbocycles. The highest BCUT2D eigenvalue weighted by Crippen LogP contribution is 2.62. The predicted octanol–water partition coefficient (Wildman–Crippen LogP) is 12.3. The van der Waals surface area contributed by atoms with Crippen molar-refractivity contribution in [1.29, 1.82) is 0 Å². The lowest BCUT2D eigenvalue weighted by molar-refractivity contribution is -0.755. The van der Waals surface area contributed by atoms with Crippen molar-refractivity contribution >= 4 is 22.1 Å². The summed E-state index contributed by atoms with van der Waals surface area (Å²) < 4.78 is 10.2. The third kappa shape index (κ3) is 5.58. The monoisotopic (exact) mass is 769 g/mol. The van der Waals surface area contributed by atoms with Crippen LogP contribution in [0.5, 0.6) is 0 Å². The molecule has 0 radical (unpaired) electrons. The van der Waals surface area contributed by atoms with E-state index < -0.39 is 0 Å². The number of fused-ring (bicyclic) bond motifs is 2. The van der Waals surface area contributed by atoms with Gasteiger partial charge in [-0.25, -0.2) is 9.13 Å². The fraction of sp³-hybridized carbons (Fsp3) is 0.519. The zero-order chi connectivity index (χ0) is 38.6. The largest absolute Gasteiger partial charge is 0.250 e. The number of aromatic nitrogens is 4. The van der Waals surface area contributed by atoms with Gasteiger partial charge in [0.15, 0.2) is 22.1 Å². The molecule has 0 N–H and O–H groups in total. The summed E-state index contributed by atoms with van der Waals surface area (Å²) in [4.78, 5) is 0. The summed E-state index contributed by atoms with van der Waals surface area (Å²) in [5.74, 6) is 9.29. The van der Waals surface area contributed by atoms with Crippen LogP contribution in [0.2, 0.25) is 0 Å². The van der Waals surface area contributed by atoms with E-state index in [0.717, 1.165) is 78.2 Å². The molecular formula is C54H64N4+2. The van der Waals surface area contributed by atoms with Crippen LogP contribution in [0.25, 0.3) is 33.4 Å². The summed E-state index contributed by atoms with van der Waals surface area (Å²) >= 11 is 0. The van der Waals surface area contributed by atoms with Crippen molar-refractivity contribution in [2.75, 3.05) is 0 Å². The van der Waals surface area contributed by atoms with Crippen LogP contribution in [0.15, 0.2) is 97.6 Å². The first kappa shape index (κ1) is 35.7. The summed E-state index contributed by atoms with van der Waals surface area (Å²) in [6.07, 6.45) is 21.7. The van der Waals surface area contributed by atoms with Gasteiger partial charge in [0.1, 0.15) is 24.5 Å². The minimum absolute atomic E-state index is 0.719. The van der Waals surface area contributed by atoms with Crippen molar-refractivity contribution in [3.05, 3.63) is 120 Å². The molecule has 4 fully saturated rings. The highest BCUT2D eigenvalue weighted by molar-refractivity contribution is 5.78. The Bertz CT molecular complexity index is 2460. The second-order valence-electron chi connectivity index (χ2n) is 20.5. The fourth-order valence-electron chi connectivity index (χ4n) is 15.1. The molecule has 298 valence electrons. The predicted molar refractivity (Wildman–Crippen MR) is 235 cm³/mol. The quantitative estimate of drug-likeness (QED) is 0.124. The van der Waals surface area contributed by atoms with E-state index in [0.29, 0.717) is 0 Å². The Morgan fingerprint density at radius 3 is 1.38 bits per heavy atom. The molecular weight excluding hydrogens is 705 g/mol. The number of hydrogen-bond acceptors (Lipinski definition) is 0. The third-order valence-electron chi connectivity index (χ3n) is 17.6. The molecule has 6 aromatic rings. The maximum atomic E-state index is 2.69. The number of hydrogen-bond donors (Lipinski definition) is 0. The van der Waals surface area contributed by atoms with E-state index in [2.05, 4.69) is 137 Å². The minimum atomic E-state index is 0.719. The topological polar surface area (TPSA) is 17.6 Å². The Kier molecular flexibility index (Phi) is 8.60. The fourth-order valence-corrected chi connectivity index (χ4v) is 15.1. The van der Waals surface area contributed by atoms with Crippen molar-refractivity contribution in [1.82, 2.24) is 9.13 Å². The van der Waals surface area contributed by atoms with Gasteiger partial charge in [-0.05, 0) is 194 Å². The van der Waals surface area contributed by atoms with Gasteiger partial charge in [0.25, 0.3) is 0 Å². The lowest BCUT2D eigenvalue weighted by Gasteiger charge is -2.48. The number of nitrogens with zero attached hydrogens (tertiary/aromatic N) is 4. The summed E-state index contributed by atoms with van der Waals surface area (Å²) in [6, 6.07) is 33.0. The summed E-state index contributed by atoms with van der Waals surface area (Å²) in [5, 5.41) is 0. The smallest absolute Gasteiger partial charge is 0.225 e. The van der Waals surface area contributed by atoms with Crippen LogP contribution in [-0.2, 0) is 13.1 Å². The zero-order valence-corrected chi connectivity index (χ0v) is 35.3. The Hall–Kier alpha value is -4.18. The maximum Gasteiger partial charge on any atom is 0.250 e. The Morgan fingerprint density at radius 1 is 0.552 bits per heavy atom. The first-order valence-electron chi connectivity index (χ1n) is 23.8. The van der Waals surface area contributed by atoms with Gasteiger partial charge in [-0.15, -0.1) is 0 Å². The van der Waals surface area contributed by atoms with Crippen LogP contribution in [0.1, 0.15) is 144 Å². The van der Waals surface area contributed by atoms with Gasteiger partial charge in [0.05, 0.1) is 0 Å². The van der Waals surface area contributed by atoms with E-state index in [4.69, 9.17) is 0 Å². The SMILES string of the molecule is CCCCC1C2CC3CC1CC(C2)c1cc2c(cc13)n(-c1ccccc1)c[n+]2CC[n+]1cn(-c2ccccc2)c2cc3c(cc21)C1CC2CC3CC(C1)C2C(C)CC. The van der Waals surface area contributed by atoms with Gasteiger partial charge in [-0.2, -0.15) is 9.13 Å². The lowest BCUT2D eigenvalue weighted by atomic mass is 9.57. The van der Waals surface area contributed by atoms with Gasteiger partial charge >= 0.3 is 0 Å². The van der Waals surface area contributed by atoms with Gasteiger partial charge in [-0.3, -0.25) is 0 Å². The molecule has 8 bridgehead atoms. The highest BCUT2D eigenvalue weighted by atomic mass is 15.2. The average molecular weight is 769 g/mol. The molecule has 0 amide bonds. The minimum Gasteiger partial charge on any atom is -0.225 e. The molecule has 5 unspecified atom stereocenters. The first-order valence-corrected chi connectivity index (χ1v) is 23.8. The second-order valence-corrected chi connectivity index (χ2v) is 20.5. The van der Waals surface area contributed by atoms with Crippen LogP contribution in [0, 0.1) is 41.4 Å². The molecule has 4 nitrogen and oxygen atoms in total. The summed E-state index contributed by atoms with van der Waals surface area (Å²) in [7, 11) is 0. The molecule has 2 heterocycles. The van der Waals surface area contributed by atoms with Crippen LogP contribution in [0.4, 0.5) is 0 Å². The standard InChI is InChI=1S/C54H64N4/c1-4-6-17-45-35-20-37-21-36(45)23-38(22-35)48-30-52-50(28-46(37)48)55(32-57(52)43-13-9-7-10-14-43)18-19-56-33-58(44-15-11-8-12-16-44)53-31-49-40-26-41-24-39(47(49)29-51(53)56)25-42(27-40)54(41)34(3)5-2/h7-16,28-42,45,54H,4-6,17-27H2,1-3H3/q+2. The number of benzene rings is 4. The molecule has 58 heavy (non-hydrogen) atoms. The van der Waals surface area contributed by atoms with E-state index in [-0.39, 0.29) is 0 Å². The Balaban J connectivity index is 0.940. The molecule has 0 aliphatic heterocycles. The van der Waals surface area contributed by atoms with Crippen molar-refractivity contribution in [2.24, 2.45) is 41.4 Å². The molecule has 4 aromatic carbocycles. The van der Waals surface area contributed by atoms with E-state index in [1.54, 1.807) is 22.3 Å². The highest BCUT2D eigenvalue weighted by Gasteiger charge is 2.50. The number of imidazole rings is 2.